The zero-order valence-electron chi connectivity index (χ0n) is 18.3. The van der Waals surface area contributed by atoms with Crippen molar-refractivity contribution in [2.45, 2.75) is 39.4 Å². The van der Waals surface area contributed by atoms with Crippen LogP contribution in [0.15, 0.2) is 65.4 Å². The number of para-hydroxylation sites is 1. The second kappa shape index (κ2) is 9.78. The first-order valence-corrected chi connectivity index (χ1v) is 10.8. The summed E-state index contributed by atoms with van der Waals surface area (Å²) in [5.74, 6) is -0.0855. The molecule has 0 aliphatic rings. The predicted octanol–water partition coefficient (Wildman–Crippen LogP) is 4.68. The lowest BCUT2D eigenvalue weighted by Gasteiger charge is -2.21. The summed E-state index contributed by atoms with van der Waals surface area (Å²) >= 11 is 0. The van der Waals surface area contributed by atoms with Crippen molar-refractivity contribution in [2.75, 3.05) is 6.54 Å². The average Bonchev–Trinajstić information content (AvgIpc) is 3.40. The molecular weight excluding hydrogens is 407 g/mol. The minimum absolute atomic E-state index is 0.0105. The second-order valence-electron chi connectivity index (χ2n) is 8.17. The maximum absolute atomic E-state index is 14.3. The summed E-state index contributed by atoms with van der Waals surface area (Å²) in [7, 11) is 0. The van der Waals surface area contributed by atoms with Crippen molar-refractivity contribution in [1.82, 2.24) is 20.2 Å². The highest BCUT2D eigenvalue weighted by Gasteiger charge is 2.17. The number of amides is 1. The molecule has 2 aromatic heterocycles. The first-order chi connectivity index (χ1) is 15.5. The van der Waals surface area contributed by atoms with Crippen LogP contribution in [0.1, 0.15) is 41.4 Å². The van der Waals surface area contributed by atoms with Gasteiger partial charge in [0.2, 0.25) is 5.89 Å². The summed E-state index contributed by atoms with van der Waals surface area (Å²) in [4.78, 5) is 21.9. The Morgan fingerprint density at radius 3 is 2.72 bits per heavy atom. The summed E-state index contributed by atoms with van der Waals surface area (Å²) in [5, 5.41) is 3.99. The molecule has 2 aromatic carbocycles. The first kappa shape index (κ1) is 21.8. The molecule has 0 aliphatic heterocycles. The fraction of sp³-hybridized carbons (Fsp3) is 0.280. The van der Waals surface area contributed by atoms with Crippen molar-refractivity contribution in [3.8, 4) is 0 Å². The van der Waals surface area contributed by atoms with Crippen molar-refractivity contribution in [1.29, 1.82) is 0 Å². The quantitative estimate of drug-likeness (QED) is 0.401. The molecule has 0 radical (unpaired) electrons. The van der Waals surface area contributed by atoms with Gasteiger partial charge >= 0.3 is 0 Å². The fourth-order valence-corrected chi connectivity index (χ4v) is 3.71. The van der Waals surface area contributed by atoms with Gasteiger partial charge in [0.25, 0.3) is 5.91 Å². The van der Waals surface area contributed by atoms with Crippen LogP contribution in [-0.2, 0) is 19.5 Å². The van der Waals surface area contributed by atoms with Crippen LogP contribution in [0.3, 0.4) is 0 Å². The zero-order valence-corrected chi connectivity index (χ0v) is 18.3. The summed E-state index contributed by atoms with van der Waals surface area (Å²) < 4.78 is 19.9. The van der Waals surface area contributed by atoms with Gasteiger partial charge in [-0.05, 0) is 38.0 Å². The van der Waals surface area contributed by atoms with E-state index in [-0.39, 0.29) is 23.5 Å². The maximum Gasteiger partial charge on any atom is 0.273 e. The van der Waals surface area contributed by atoms with Crippen LogP contribution in [0.25, 0.3) is 10.9 Å². The molecular formula is C25H27FN4O2. The second-order valence-corrected chi connectivity index (χ2v) is 8.17. The molecule has 0 spiro atoms. The summed E-state index contributed by atoms with van der Waals surface area (Å²) in [5.41, 5.74) is 3.15. The van der Waals surface area contributed by atoms with Gasteiger partial charge in [0, 0.05) is 41.8 Å². The van der Waals surface area contributed by atoms with Gasteiger partial charge in [-0.1, -0.05) is 36.4 Å². The molecule has 0 unspecified atom stereocenters. The highest BCUT2D eigenvalue weighted by molar-refractivity contribution is 5.92. The average molecular weight is 435 g/mol. The Morgan fingerprint density at radius 1 is 1.12 bits per heavy atom. The van der Waals surface area contributed by atoms with E-state index < -0.39 is 0 Å². The number of carbonyl (C=O) groups is 1. The molecule has 4 rings (SSSR count). The van der Waals surface area contributed by atoms with E-state index in [0.29, 0.717) is 31.1 Å². The van der Waals surface area contributed by atoms with Crippen molar-refractivity contribution in [3.63, 3.8) is 0 Å². The van der Waals surface area contributed by atoms with Gasteiger partial charge in [-0.25, -0.2) is 9.37 Å². The Labute approximate surface area is 186 Å². The van der Waals surface area contributed by atoms with Crippen LogP contribution < -0.4 is 5.32 Å². The molecule has 0 fully saturated rings. The number of H-pyrrole nitrogens is 1. The maximum atomic E-state index is 14.3. The molecule has 1 amide bonds. The van der Waals surface area contributed by atoms with E-state index in [1.165, 1.54) is 23.3 Å². The molecule has 32 heavy (non-hydrogen) atoms. The number of hydrogen-bond donors (Lipinski definition) is 2. The van der Waals surface area contributed by atoms with Crippen LogP contribution in [0.2, 0.25) is 0 Å². The SMILES string of the molecule is CC(C)NC(=O)c1coc(CN(CCc2c[nH]c3ccccc23)Cc2ccccc2F)n1. The molecule has 4 aromatic rings. The molecule has 166 valence electrons. The minimum atomic E-state index is -0.269. The van der Waals surface area contributed by atoms with E-state index in [4.69, 9.17) is 4.42 Å². The highest BCUT2D eigenvalue weighted by Crippen LogP contribution is 2.20. The van der Waals surface area contributed by atoms with Crippen molar-refractivity contribution < 1.29 is 13.6 Å². The topological polar surface area (TPSA) is 74.2 Å². The monoisotopic (exact) mass is 434 g/mol. The molecule has 0 saturated carbocycles. The number of hydrogen-bond acceptors (Lipinski definition) is 4. The summed E-state index contributed by atoms with van der Waals surface area (Å²) in [6.07, 6.45) is 4.17. The highest BCUT2D eigenvalue weighted by atomic mass is 19.1. The van der Waals surface area contributed by atoms with Gasteiger partial charge in [0.15, 0.2) is 5.69 Å². The number of carbonyl (C=O) groups excluding carboxylic acids is 1. The standard InChI is InChI=1S/C25H27FN4O2/c1-17(2)28-25(31)23-16-32-24(29-23)15-30(14-19-7-3-5-9-21(19)26)12-11-18-13-27-22-10-6-4-8-20(18)22/h3-10,13,16-17,27H,11-12,14-15H2,1-2H3,(H,28,31). The van der Waals surface area contributed by atoms with Gasteiger partial charge in [0.05, 0.1) is 6.54 Å². The predicted molar refractivity (Wildman–Crippen MR) is 122 cm³/mol. The smallest absolute Gasteiger partial charge is 0.273 e. The molecule has 6 nitrogen and oxygen atoms in total. The number of nitrogens with one attached hydrogen (secondary N) is 2. The van der Waals surface area contributed by atoms with Crippen molar-refractivity contribution in [2.24, 2.45) is 0 Å². The number of aromatic nitrogens is 2. The van der Waals surface area contributed by atoms with Gasteiger partial charge in [0.1, 0.15) is 12.1 Å². The van der Waals surface area contributed by atoms with E-state index >= 15 is 0 Å². The number of halogens is 1. The Morgan fingerprint density at radius 2 is 1.91 bits per heavy atom. The van der Waals surface area contributed by atoms with Crippen molar-refractivity contribution >= 4 is 16.8 Å². The molecule has 0 saturated heterocycles. The van der Waals surface area contributed by atoms with E-state index in [2.05, 4.69) is 26.3 Å². The lowest BCUT2D eigenvalue weighted by atomic mass is 10.1. The minimum Gasteiger partial charge on any atom is -0.447 e. The van der Waals surface area contributed by atoms with Gasteiger partial charge < -0.3 is 14.7 Å². The number of rotatable bonds is 9. The third-order valence-corrected chi connectivity index (χ3v) is 5.29. The molecule has 2 N–H and O–H groups in total. The fourth-order valence-electron chi connectivity index (χ4n) is 3.71. The molecule has 0 aliphatic carbocycles. The lowest BCUT2D eigenvalue weighted by Crippen LogP contribution is -2.30. The van der Waals surface area contributed by atoms with Crippen molar-refractivity contribution in [3.05, 3.63) is 89.5 Å². The summed E-state index contributed by atoms with van der Waals surface area (Å²) in [6.45, 7) is 5.22. The Hall–Kier alpha value is -3.45. The number of oxazole rings is 1. The number of fused-ring (bicyclic) bond motifs is 1. The summed E-state index contributed by atoms with van der Waals surface area (Å²) in [6, 6.07) is 14.9. The first-order valence-electron chi connectivity index (χ1n) is 10.8. The Kier molecular flexibility index (Phi) is 6.66. The largest absolute Gasteiger partial charge is 0.447 e. The normalized spacial score (nSPS) is 11.5. The molecule has 0 bridgehead atoms. The third-order valence-electron chi connectivity index (χ3n) is 5.29. The van der Waals surface area contributed by atoms with Gasteiger partial charge in [-0.3, -0.25) is 9.69 Å². The van der Waals surface area contributed by atoms with E-state index in [1.54, 1.807) is 12.1 Å². The molecule has 7 heteroatoms. The number of benzene rings is 2. The molecule has 0 atom stereocenters. The number of nitrogens with zero attached hydrogens (tertiary/aromatic N) is 2. The van der Waals surface area contributed by atoms with Gasteiger partial charge in [-0.2, -0.15) is 0 Å². The van der Waals surface area contributed by atoms with Crippen LogP contribution in [0, 0.1) is 5.82 Å². The van der Waals surface area contributed by atoms with Crippen LogP contribution >= 0.6 is 0 Å². The van der Waals surface area contributed by atoms with Crippen LogP contribution in [0.4, 0.5) is 4.39 Å². The Bertz CT molecular complexity index is 1200. The third kappa shape index (κ3) is 5.23. The Balaban J connectivity index is 1.50. The lowest BCUT2D eigenvalue weighted by molar-refractivity contribution is 0.0938. The van der Waals surface area contributed by atoms with E-state index in [9.17, 15) is 9.18 Å². The van der Waals surface area contributed by atoms with E-state index in [0.717, 1.165) is 11.9 Å². The number of aromatic amines is 1. The van der Waals surface area contributed by atoms with E-state index in [1.807, 2.05) is 44.3 Å². The van der Waals surface area contributed by atoms with Crippen LogP contribution in [0.5, 0.6) is 0 Å². The molecule has 2 heterocycles. The zero-order chi connectivity index (χ0) is 22.5. The van der Waals surface area contributed by atoms with Crippen LogP contribution in [-0.4, -0.2) is 33.4 Å². The van der Waals surface area contributed by atoms with Gasteiger partial charge in [-0.15, -0.1) is 0 Å².